The van der Waals surface area contributed by atoms with Crippen LogP contribution in [0.3, 0.4) is 0 Å². The number of carbonyl (C=O) groups is 1. The topological polar surface area (TPSA) is 48.1 Å². The molecule has 4 nitrogen and oxygen atoms in total. The summed E-state index contributed by atoms with van der Waals surface area (Å²) in [7, 11) is 0. The van der Waals surface area contributed by atoms with Crippen LogP contribution in [0.1, 0.15) is 22.9 Å². The Bertz CT molecular complexity index is 1300. The number of rotatable bonds is 3. The van der Waals surface area contributed by atoms with E-state index in [1.807, 2.05) is 48.7 Å². The largest absolute Gasteiger partial charge is 0.356 e. The number of thioether (sulfide) groups is 1. The lowest BCUT2D eigenvalue weighted by atomic mass is 9.92. The Balaban J connectivity index is 1.56. The normalized spacial score (nSPS) is 15.6. The molecule has 0 bridgehead atoms. The molecular formula is C25H21ClFN3OS. The Morgan fingerprint density at radius 2 is 1.97 bits per heavy atom. The summed E-state index contributed by atoms with van der Waals surface area (Å²) in [4.78, 5) is 19.8. The third-order valence-electron chi connectivity index (χ3n) is 5.86. The van der Waals surface area contributed by atoms with E-state index >= 15 is 0 Å². The van der Waals surface area contributed by atoms with Gasteiger partial charge in [-0.3, -0.25) is 0 Å². The van der Waals surface area contributed by atoms with Crippen molar-refractivity contribution in [2.24, 2.45) is 0 Å². The summed E-state index contributed by atoms with van der Waals surface area (Å²) in [6, 6.07) is 19.3. The quantitative estimate of drug-likeness (QED) is 0.324. The number of amides is 2. The summed E-state index contributed by atoms with van der Waals surface area (Å²) in [5, 5.41) is 4.77. The second kappa shape index (κ2) is 8.52. The smallest absolute Gasteiger partial charge is 0.322 e. The van der Waals surface area contributed by atoms with Gasteiger partial charge < -0.3 is 15.2 Å². The van der Waals surface area contributed by atoms with Gasteiger partial charge in [0.2, 0.25) is 0 Å². The molecule has 0 fully saturated rings. The molecule has 3 aromatic carbocycles. The minimum atomic E-state index is -0.366. The summed E-state index contributed by atoms with van der Waals surface area (Å²) in [5.41, 5.74) is 4.65. The van der Waals surface area contributed by atoms with Gasteiger partial charge in [-0.05, 0) is 72.3 Å². The zero-order chi connectivity index (χ0) is 22.2. The number of H-pyrrole nitrogens is 1. The molecule has 2 N–H and O–H groups in total. The molecule has 0 radical (unpaired) electrons. The number of aromatic nitrogens is 1. The Kier molecular flexibility index (Phi) is 5.57. The third-order valence-corrected chi connectivity index (χ3v) is 6.82. The van der Waals surface area contributed by atoms with Crippen LogP contribution in [-0.2, 0) is 6.42 Å². The highest BCUT2D eigenvalue weighted by molar-refractivity contribution is 7.98. The predicted molar refractivity (Wildman–Crippen MR) is 129 cm³/mol. The first kappa shape index (κ1) is 20.9. The first-order valence-corrected chi connectivity index (χ1v) is 11.9. The van der Waals surface area contributed by atoms with Gasteiger partial charge >= 0.3 is 6.03 Å². The molecule has 0 spiro atoms. The predicted octanol–water partition coefficient (Wildman–Crippen LogP) is 6.86. The van der Waals surface area contributed by atoms with E-state index in [-0.39, 0.29) is 17.9 Å². The fourth-order valence-electron chi connectivity index (χ4n) is 4.37. The molecule has 1 aliphatic heterocycles. The van der Waals surface area contributed by atoms with Gasteiger partial charge in [0.1, 0.15) is 5.82 Å². The maximum atomic E-state index is 13.7. The summed E-state index contributed by atoms with van der Waals surface area (Å²) < 4.78 is 13.7. The minimum absolute atomic E-state index is 0.195. The second-order valence-corrected chi connectivity index (χ2v) is 9.08. The molecule has 1 atom stereocenters. The number of anilines is 1. The second-order valence-electron chi connectivity index (χ2n) is 7.77. The molecular weight excluding hydrogens is 445 g/mol. The van der Waals surface area contributed by atoms with Crippen molar-refractivity contribution >= 4 is 46.0 Å². The van der Waals surface area contributed by atoms with Gasteiger partial charge in [0.15, 0.2) is 0 Å². The molecule has 7 heteroatoms. The number of benzene rings is 3. The van der Waals surface area contributed by atoms with E-state index < -0.39 is 0 Å². The van der Waals surface area contributed by atoms with Crippen LogP contribution in [0.4, 0.5) is 14.9 Å². The van der Waals surface area contributed by atoms with E-state index in [0.29, 0.717) is 18.0 Å². The highest BCUT2D eigenvalue weighted by Crippen LogP contribution is 2.39. The van der Waals surface area contributed by atoms with Gasteiger partial charge in [-0.1, -0.05) is 29.8 Å². The van der Waals surface area contributed by atoms with Crippen LogP contribution >= 0.6 is 23.4 Å². The molecule has 2 heterocycles. The van der Waals surface area contributed by atoms with E-state index in [1.165, 1.54) is 12.1 Å². The molecule has 2 amide bonds. The zero-order valence-corrected chi connectivity index (χ0v) is 18.9. The van der Waals surface area contributed by atoms with Crippen LogP contribution < -0.4 is 5.32 Å². The Morgan fingerprint density at radius 3 is 2.75 bits per heavy atom. The number of hydrogen-bond acceptors (Lipinski definition) is 2. The number of carbonyl (C=O) groups excluding carboxylic acids is 1. The molecule has 0 aliphatic carbocycles. The summed E-state index contributed by atoms with van der Waals surface area (Å²) >= 11 is 7.87. The number of hydrogen-bond donors (Lipinski definition) is 2. The molecule has 1 unspecified atom stereocenters. The SMILES string of the molecule is CSc1cccc(NC(=O)N2CCc3c([nH]c4ccc(Cl)cc34)C2c2ccc(F)cc2)c1. The minimum Gasteiger partial charge on any atom is -0.356 e. The highest BCUT2D eigenvalue weighted by Gasteiger charge is 2.34. The molecule has 0 saturated heterocycles. The van der Waals surface area contributed by atoms with Gasteiger partial charge in [0.05, 0.1) is 6.04 Å². The van der Waals surface area contributed by atoms with Crippen molar-refractivity contribution in [2.75, 3.05) is 18.1 Å². The Labute approximate surface area is 194 Å². The lowest BCUT2D eigenvalue weighted by Crippen LogP contribution is -2.43. The van der Waals surface area contributed by atoms with Crippen molar-refractivity contribution in [1.29, 1.82) is 0 Å². The van der Waals surface area contributed by atoms with Gasteiger partial charge in [0.25, 0.3) is 0 Å². The summed E-state index contributed by atoms with van der Waals surface area (Å²) in [5.74, 6) is -0.307. The summed E-state index contributed by atoms with van der Waals surface area (Å²) in [6.45, 7) is 0.530. The Hall–Kier alpha value is -2.96. The Morgan fingerprint density at radius 1 is 1.16 bits per heavy atom. The zero-order valence-electron chi connectivity index (χ0n) is 17.4. The highest BCUT2D eigenvalue weighted by atomic mass is 35.5. The molecule has 4 aromatic rings. The molecule has 1 aliphatic rings. The molecule has 1 aromatic heterocycles. The van der Waals surface area contributed by atoms with E-state index in [0.717, 1.165) is 38.3 Å². The molecule has 32 heavy (non-hydrogen) atoms. The number of nitrogens with one attached hydrogen (secondary N) is 2. The fourth-order valence-corrected chi connectivity index (χ4v) is 5.00. The first-order chi connectivity index (χ1) is 15.5. The average molecular weight is 466 g/mol. The molecule has 5 rings (SSSR count). The third kappa shape index (κ3) is 3.85. The lowest BCUT2D eigenvalue weighted by Gasteiger charge is -2.36. The van der Waals surface area contributed by atoms with Crippen molar-refractivity contribution in [3.05, 3.63) is 94.4 Å². The van der Waals surface area contributed by atoms with Crippen LogP contribution in [0.15, 0.2) is 71.6 Å². The molecule has 0 saturated carbocycles. The van der Waals surface area contributed by atoms with Crippen molar-refractivity contribution in [3.8, 4) is 0 Å². The fraction of sp³-hybridized carbons (Fsp3) is 0.160. The van der Waals surface area contributed by atoms with Gasteiger partial charge in [-0.15, -0.1) is 11.8 Å². The van der Waals surface area contributed by atoms with Crippen molar-refractivity contribution in [1.82, 2.24) is 9.88 Å². The van der Waals surface area contributed by atoms with Crippen LogP contribution in [0.2, 0.25) is 5.02 Å². The average Bonchev–Trinajstić information content (AvgIpc) is 3.17. The number of aromatic amines is 1. The van der Waals surface area contributed by atoms with Crippen LogP contribution in [0.25, 0.3) is 10.9 Å². The standard InChI is InChI=1S/C25H21ClFN3OS/c1-32-19-4-2-3-18(14-19)28-25(31)30-12-11-20-21-13-16(26)7-10-22(21)29-23(20)24(30)15-5-8-17(27)9-6-15/h2-10,13-14,24,29H,11-12H2,1H3,(H,28,31). The van der Waals surface area contributed by atoms with E-state index in [4.69, 9.17) is 11.6 Å². The monoisotopic (exact) mass is 465 g/mol. The maximum absolute atomic E-state index is 13.7. The molecule has 162 valence electrons. The van der Waals surface area contributed by atoms with Gasteiger partial charge in [-0.25, -0.2) is 9.18 Å². The number of urea groups is 1. The number of halogens is 2. The van der Waals surface area contributed by atoms with Crippen molar-refractivity contribution in [3.63, 3.8) is 0 Å². The number of nitrogens with zero attached hydrogens (tertiary/aromatic N) is 1. The van der Waals surface area contributed by atoms with E-state index in [9.17, 15) is 9.18 Å². The van der Waals surface area contributed by atoms with Crippen LogP contribution in [-0.4, -0.2) is 28.7 Å². The first-order valence-electron chi connectivity index (χ1n) is 10.3. The lowest BCUT2D eigenvalue weighted by molar-refractivity contribution is 0.193. The van der Waals surface area contributed by atoms with Crippen LogP contribution in [0, 0.1) is 5.82 Å². The van der Waals surface area contributed by atoms with E-state index in [2.05, 4.69) is 10.3 Å². The van der Waals surface area contributed by atoms with E-state index in [1.54, 1.807) is 28.8 Å². The van der Waals surface area contributed by atoms with Gasteiger partial charge in [0, 0.05) is 38.7 Å². The van der Waals surface area contributed by atoms with Crippen molar-refractivity contribution < 1.29 is 9.18 Å². The van der Waals surface area contributed by atoms with Crippen molar-refractivity contribution in [2.45, 2.75) is 17.4 Å². The van der Waals surface area contributed by atoms with Gasteiger partial charge in [-0.2, -0.15) is 0 Å². The maximum Gasteiger partial charge on any atom is 0.322 e. The van der Waals surface area contributed by atoms with Crippen LogP contribution in [0.5, 0.6) is 0 Å². The summed E-state index contributed by atoms with van der Waals surface area (Å²) in [6.07, 6.45) is 2.70. The number of fused-ring (bicyclic) bond motifs is 3.